The van der Waals surface area contributed by atoms with Crippen molar-refractivity contribution in [3.05, 3.63) is 0 Å². The molecule has 0 radical (unpaired) electrons. The van der Waals surface area contributed by atoms with E-state index in [9.17, 15) is 0 Å². The maximum atomic E-state index is 5.74. The third-order valence-electron chi connectivity index (χ3n) is 2.35. The molecule has 0 saturated carbocycles. The van der Waals surface area contributed by atoms with Crippen LogP contribution in [0, 0.1) is 5.92 Å². The summed E-state index contributed by atoms with van der Waals surface area (Å²) in [5, 5.41) is 0. The molecular weight excluding hydrogens is 271 g/mol. The maximum absolute atomic E-state index is 5.74. The van der Waals surface area contributed by atoms with Gasteiger partial charge in [0.25, 0.3) is 0 Å². The molecule has 0 bridgehead atoms. The van der Waals surface area contributed by atoms with Crippen LogP contribution in [0.3, 0.4) is 0 Å². The lowest BCUT2D eigenvalue weighted by Crippen LogP contribution is -2.07. The van der Waals surface area contributed by atoms with Gasteiger partial charge in [0.2, 0.25) is 5.69 Å². The predicted octanol–water partition coefficient (Wildman–Crippen LogP) is 5.19. The molecule has 2 nitrogen and oxygen atoms in total. The lowest BCUT2D eigenvalue weighted by Gasteiger charge is -2.22. The Morgan fingerprint density at radius 3 is 2.35 bits per heavy atom. The minimum atomic E-state index is -2.33. The molecule has 0 N–H and O–H groups in total. The standard InChI is InChI=1S/C12H27O2PS2/c1-5-6-7-8-9-12(4)14-15(16,17)13-10-11(2)3/h11-12H,5-10H2,1-4H3,(H,16,17). The van der Waals surface area contributed by atoms with Gasteiger partial charge in [-0.3, -0.25) is 0 Å². The van der Waals surface area contributed by atoms with E-state index in [1.165, 1.54) is 25.7 Å². The Kier molecular flexibility index (Phi) is 10.3. The van der Waals surface area contributed by atoms with Crippen LogP contribution >= 0.6 is 17.9 Å². The summed E-state index contributed by atoms with van der Waals surface area (Å²) in [5.74, 6) is 0.466. The third-order valence-corrected chi connectivity index (χ3v) is 4.65. The molecule has 0 aromatic rings. The van der Waals surface area contributed by atoms with Gasteiger partial charge in [-0.1, -0.05) is 58.7 Å². The highest BCUT2D eigenvalue weighted by Crippen LogP contribution is 2.54. The zero-order valence-electron chi connectivity index (χ0n) is 11.5. The SMILES string of the molecule is CCCCCCC(C)OP(=S)(S)OCC(C)C. The fourth-order valence-corrected chi connectivity index (χ4v) is 3.83. The molecule has 0 rings (SSSR count). The van der Waals surface area contributed by atoms with Gasteiger partial charge in [0.05, 0.1) is 12.7 Å². The molecular formula is C12H27O2PS2. The highest BCUT2D eigenvalue weighted by Gasteiger charge is 2.17. The molecule has 104 valence electrons. The lowest BCUT2D eigenvalue weighted by molar-refractivity contribution is 0.180. The third kappa shape index (κ3) is 11.7. The van der Waals surface area contributed by atoms with Crippen LogP contribution < -0.4 is 0 Å². The summed E-state index contributed by atoms with van der Waals surface area (Å²) in [6.07, 6.45) is 6.23. The highest BCUT2D eigenvalue weighted by atomic mass is 32.9. The number of unbranched alkanes of at least 4 members (excludes halogenated alkanes) is 3. The molecule has 0 aliphatic heterocycles. The first-order valence-electron chi connectivity index (χ1n) is 6.53. The lowest BCUT2D eigenvalue weighted by atomic mass is 10.1. The van der Waals surface area contributed by atoms with Gasteiger partial charge in [0, 0.05) is 0 Å². The molecule has 0 aliphatic carbocycles. The van der Waals surface area contributed by atoms with Gasteiger partial charge in [-0.2, -0.15) is 0 Å². The molecule has 0 heterocycles. The van der Waals surface area contributed by atoms with Gasteiger partial charge in [-0.15, -0.1) is 0 Å². The fraction of sp³-hybridized carbons (Fsp3) is 1.00. The normalized spacial score (nSPS) is 17.1. The van der Waals surface area contributed by atoms with Crippen molar-refractivity contribution < 1.29 is 9.05 Å². The molecule has 0 fully saturated rings. The van der Waals surface area contributed by atoms with Crippen molar-refractivity contribution in [2.75, 3.05) is 6.61 Å². The van der Waals surface area contributed by atoms with Gasteiger partial charge in [0.15, 0.2) is 0 Å². The topological polar surface area (TPSA) is 18.5 Å². The van der Waals surface area contributed by atoms with E-state index >= 15 is 0 Å². The van der Waals surface area contributed by atoms with Crippen LogP contribution in [0.1, 0.15) is 59.8 Å². The van der Waals surface area contributed by atoms with Gasteiger partial charge < -0.3 is 9.05 Å². The molecule has 0 aromatic carbocycles. The molecule has 5 heteroatoms. The summed E-state index contributed by atoms with van der Waals surface area (Å²) in [4.78, 5) is 0. The van der Waals surface area contributed by atoms with Crippen LogP contribution in [0.15, 0.2) is 0 Å². The van der Waals surface area contributed by atoms with Gasteiger partial charge >= 0.3 is 0 Å². The van der Waals surface area contributed by atoms with Crippen LogP contribution in [0.5, 0.6) is 0 Å². The fourth-order valence-electron chi connectivity index (χ4n) is 1.41. The first-order valence-corrected chi connectivity index (χ1v) is 10.3. The Balaban J connectivity index is 3.76. The smallest absolute Gasteiger partial charge is 0.244 e. The van der Waals surface area contributed by atoms with Crippen molar-refractivity contribution in [3.63, 3.8) is 0 Å². The number of hydrogen-bond donors (Lipinski definition) is 1. The second-order valence-electron chi connectivity index (χ2n) is 4.92. The predicted molar refractivity (Wildman–Crippen MR) is 83.4 cm³/mol. The van der Waals surface area contributed by atoms with Gasteiger partial charge in [0.1, 0.15) is 0 Å². The minimum absolute atomic E-state index is 0.155. The first kappa shape index (κ1) is 17.9. The van der Waals surface area contributed by atoms with Crippen molar-refractivity contribution in [1.29, 1.82) is 0 Å². The van der Waals surface area contributed by atoms with Crippen molar-refractivity contribution in [2.24, 2.45) is 5.92 Å². The molecule has 0 aromatic heterocycles. The van der Waals surface area contributed by atoms with Crippen molar-refractivity contribution in [1.82, 2.24) is 0 Å². The largest absolute Gasteiger partial charge is 0.322 e. The van der Waals surface area contributed by atoms with E-state index in [1.54, 1.807) is 0 Å². The molecule has 0 saturated heterocycles. The van der Waals surface area contributed by atoms with Crippen LogP contribution in [-0.2, 0) is 20.9 Å². The minimum Gasteiger partial charge on any atom is -0.322 e. The Morgan fingerprint density at radius 2 is 1.82 bits per heavy atom. The zero-order valence-corrected chi connectivity index (χ0v) is 14.1. The second-order valence-corrected chi connectivity index (χ2v) is 10.2. The van der Waals surface area contributed by atoms with Gasteiger partial charge in [-0.05, 0) is 31.1 Å². The van der Waals surface area contributed by atoms with Crippen molar-refractivity contribution >= 4 is 29.7 Å². The Labute approximate surface area is 117 Å². The first-order chi connectivity index (χ1) is 7.87. The van der Waals surface area contributed by atoms with E-state index in [1.807, 2.05) is 0 Å². The van der Waals surface area contributed by atoms with E-state index in [-0.39, 0.29) is 6.10 Å². The molecule has 0 spiro atoms. The van der Waals surface area contributed by atoms with Crippen LogP contribution in [0.2, 0.25) is 0 Å². The number of thiol groups is 1. The van der Waals surface area contributed by atoms with E-state index < -0.39 is 5.69 Å². The van der Waals surface area contributed by atoms with Crippen molar-refractivity contribution in [3.8, 4) is 0 Å². The summed E-state index contributed by atoms with van der Waals surface area (Å²) in [7, 11) is 0. The number of hydrogen-bond acceptors (Lipinski definition) is 3. The summed E-state index contributed by atoms with van der Waals surface area (Å²) in [6.45, 7) is 9.09. The second kappa shape index (κ2) is 9.80. The Hall–Kier alpha value is 0.920. The molecule has 2 atom stereocenters. The highest BCUT2D eigenvalue weighted by molar-refractivity contribution is 8.60. The molecule has 0 amide bonds. The molecule has 2 unspecified atom stereocenters. The van der Waals surface area contributed by atoms with Gasteiger partial charge in [-0.25, -0.2) is 0 Å². The molecule has 0 aliphatic rings. The quantitative estimate of drug-likeness (QED) is 0.340. The zero-order chi connectivity index (χ0) is 13.3. The summed E-state index contributed by atoms with van der Waals surface area (Å²) >= 11 is 9.62. The Morgan fingerprint density at radius 1 is 1.18 bits per heavy atom. The summed E-state index contributed by atoms with van der Waals surface area (Å²) in [5.41, 5.74) is -2.33. The van der Waals surface area contributed by atoms with Crippen LogP contribution in [0.4, 0.5) is 0 Å². The monoisotopic (exact) mass is 298 g/mol. The van der Waals surface area contributed by atoms with Crippen LogP contribution in [-0.4, -0.2) is 12.7 Å². The van der Waals surface area contributed by atoms with E-state index in [2.05, 4.69) is 39.9 Å². The van der Waals surface area contributed by atoms with E-state index in [4.69, 9.17) is 20.9 Å². The average Bonchev–Trinajstić information content (AvgIpc) is 2.21. The van der Waals surface area contributed by atoms with E-state index in [0.717, 1.165) is 6.42 Å². The Bertz CT molecular complexity index is 235. The molecule has 17 heavy (non-hydrogen) atoms. The number of rotatable bonds is 10. The summed E-state index contributed by atoms with van der Waals surface area (Å²) < 4.78 is 11.3. The average molecular weight is 298 g/mol. The summed E-state index contributed by atoms with van der Waals surface area (Å²) in [6, 6.07) is 0. The van der Waals surface area contributed by atoms with Crippen LogP contribution in [0.25, 0.3) is 0 Å². The van der Waals surface area contributed by atoms with Crippen molar-refractivity contribution in [2.45, 2.75) is 65.9 Å². The van der Waals surface area contributed by atoms with E-state index in [0.29, 0.717) is 12.5 Å². The maximum Gasteiger partial charge on any atom is 0.244 e.